The number of nitrogens with one attached hydrogen (secondary N) is 2. The molecule has 3 N–H and O–H groups in total. The molecular weight excluding hydrogens is 529 g/mol. The van der Waals surface area contributed by atoms with Gasteiger partial charge in [-0.05, 0) is 72.2 Å². The third kappa shape index (κ3) is 5.54. The van der Waals surface area contributed by atoms with E-state index in [9.17, 15) is 28.3 Å². The second-order valence-electron chi connectivity index (χ2n) is 11.5. The predicted molar refractivity (Wildman–Crippen MR) is 140 cm³/mol. The molecule has 2 aliphatic heterocycles. The fourth-order valence-corrected chi connectivity index (χ4v) is 5.58. The minimum atomic E-state index is -1.25. The number of phenolic OH excluding ortho intramolecular Hbond substituents is 1. The highest BCUT2D eigenvalue weighted by Gasteiger charge is 2.56. The number of hydrogen-bond acceptors (Lipinski definition) is 6. The Hall–Kier alpha value is -3.54. The number of rotatable bonds is 5. The fourth-order valence-electron chi connectivity index (χ4n) is 5.58. The maximum atomic E-state index is 15.1. The van der Waals surface area contributed by atoms with E-state index in [1.807, 2.05) is 4.90 Å². The number of piperidine rings is 1. The summed E-state index contributed by atoms with van der Waals surface area (Å²) in [5.74, 6) is -5.86. The van der Waals surface area contributed by atoms with Crippen molar-refractivity contribution in [3.8, 4) is 5.75 Å². The molecule has 2 unspecified atom stereocenters. The smallest absolute Gasteiger partial charge is 0.414 e. The average molecular weight is 565 g/mol. The van der Waals surface area contributed by atoms with Crippen molar-refractivity contribution < 1.29 is 37.4 Å². The molecule has 0 spiro atoms. The van der Waals surface area contributed by atoms with Crippen LogP contribution in [0.1, 0.15) is 64.2 Å². The van der Waals surface area contributed by atoms with Crippen LogP contribution in [0.25, 0.3) is 0 Å². The Bertz CT molecular complexity index is 1270. The zero-order valence-electron chi connectivity index (χ0n) is 23.2. The van der Waals surface area contributed by atoms with Crippen LogP contribution in [0.15, 0.2) is 35.4 Å². The molecule has 1 aromatic rings. The molecule has 3 atom stereocenters. The van der Waals surface area contributed by atoms with Crippen molar-refractivity contribution >= 4 is 17.9 Å². The number of ether oxygens (including phenoxy) is 1. The molecule has 3 amide bonds. The highest BCUT2D eigenvalue weighted by Crippen LogP contribution is 2.45. The SMILES string of the molecule is CCN(C(=O)OC(C)(C)C)C1=C2NC(=O)C(C)(N3CCC[C@@H](NC(=O)c4cc(F)c(O)c(F)c4)C3)C2CC(F)=C1. The van der Waals surface area contributed by atoms with Crippen LogP contribution in [0, 0.1) is 17.6 Å². The minimum absolute atomic E-state index is 0.0560. The largest absolute Gasteiger partial charge is 0.503 e. The Labute approximate surface area is 231 Å². The summed E-state index contributed by atoms with van der Waals surface area (Å²) < 4.78 is 48.2. The lowest BCUT2D eigenvalue weighted by molar-refractivity contribution is -0.131. The molecule has 1 aliphatic carbocycles. The van der Waals surface area contributed by atoms with E-state index in [0.717, 1.165) is 12.1 Å². The molecule has 0 saturated carbocycles. The van der Waals surface area contributed by atoms with Crippen LogP contribution in [0.5, 0.6) is 5.75 Å². The number of halogens is 3. The number of carbonyl (C=O) groups excluding carboxylic acids is 3. The van der Waals surface area contributed by atoms with Crippen LogP contribution in [-0.2, 0) is 9.53 Å². The van der Waals surface area contributed by atoms with E-state index < -0.39 is 58.3 Å². The van der Waals surface area contributed by atoms with E-state index in [2.05, 4.69) is 10.6 Å². The first-order valence-corrected chi connectivity index (χ1v) is 13.3. The minimum Gasteiger partial charge on any atom is -0.503 e. The number of nitrogens with zero attached hydrogens (tertiary/aromatic N) is 2. The Morgan fingerprint density at radius 1 is 1.25 bits per heavy atom. The van der Waals surface area contributed by atoms with Gasteiger partial charge >= 0.3 is 6.09 Å². The molecule has 12 heteroatoms. The molecule has 0 radical (unpaired) electrons. The van der Waals surface area contributed by atoms with Crippen LogP contribution < -0.4 is 10.6 Å². The zero-order valence-corrected chi connectivity index (χ0v) is 23.2. The number of likely N-dealkylation sites (N-methyl/N-ethyl adjacent to an activating group) is 1. The van der Waals surface area contributed by atoms with E-state index in [1.54, 1.807) is 34.6 Å². The molecule has 1 aromatic carbocycles. The van der Waals surface area contributed by atoms with Crippen molar-refractivity contribution in [3.05, 3.63) is 52.6 Å². The van der Waals surface area contributed by atoms with Crippen molar-refractivity contribution in [3.63, 3.8) is 0 Å². The number of likely N-dealkylation sites (tertiary alicyclic amines) is 1. The van der Waals surface area contributed by atoms with Gasteiger partial charge in [0.15, 0.2) is 17.4 Å². The van der Waals surface area contributed by atoms with Gasteiger partial charge in [0, 0.05) is 42.7 Å². The average Bonchev–Trinajstić information content (AvgIpc) is 3.12. The normalized spacial score (nSPS) is 25.2. The summed E-state index contributed by atoms with van der Waals surface area (Å²) >= 11 is 0. The van der Waals surface area contributed by atoms with Gasteiger partial charge in [0.1, 0.15) is 17.0 Å². The Morgan fingerprint density at radius 2 is 1.90 bits per heavy atom. The van der Waals surface area contributed by atoms with Crippen LogP contribution in [0.2, 0.25) is 0 Å². The number of phenols is 1. The highest BCUT2D eigenvalue weighted by atomic mass is 19.1. The number of amides is 3. The standard InChI is InChI=1S/C28H35F3N4O5/c1-6-35(26(39)40-27(2,3)4)21-13-16(29)12-18-22(21)33-25(38)28(18,5)34-9-7-8-17(14-34)32-24(37)15-10-19(30)23(36)20(31)11-15/h10-11,13,17-18,36H,6-9,12,14H2,1-5H3,(H,32,37)(H,33,38)/t17-,18?,28?/m1/s1. The van der Waals surface area contributed by atoms with Crippen molar-refractivity contribution in [1.29, 1.82) is 0 Å². The molecular formula is C28H35F3N4O5. The second kappa shape index (κ2) is 10.8. The molecule has 2 fully saturated rings. The number of allylic oxidation sites excluding steroid dienone is 2. The molecule has 218 valence electrons. The summed E-state index contributed by atoms with van der Waals surface area (Å²) in [4.78, 5) is 42.4. The zero-order chi connectivity index (χ0) is 29.6. The first-order valence-electron chi connectivity index (χ1n) is 13.3. The Balaban J connectivity index is 1.58. The summed E-state index contributed by atoms with van der Waals surface area (Å²) in [6.07, 6.45) is 1.69. The van der Waals surface area contributed by atoms with Crippen molar-refractivity contribution in [2.24, 2.45) is 5.92 Å². The predicted octanol–water partition coefficient (Wildman–Crippen LogP) is 4.10. The van der Waals surface area contributed by atoms with Crippen LogP contribution >= 0.6 is 0 Å². The molecule has 40 heavy (non-hydrogen) atoms. The molecule has 2 saturated heterocycles. The summed E-state index contributed by atoms with van der Waals surface area (Å²) in [5, 5.41) is 15.0. The topological polar surface area (TPSA) is 111 Å². The van der Waals surface area contributed by atoms with Gasteiger partial charge < -0.3 is 20.5 Å². The molecule has 4 rings (SSSR count). The molecule has 0 aromatic heterocycles. The van der Waals surface area contributed by atoms with Gasteiger partial charge in [0.25, 0.3) is 5.91 Å². The maximum Gasteiger partial charge on any atom is 0.414 e. The lowest BCUT2D eigenvalue weighted by Crippen LogP contribution is -2.61. The Morgan fingerprint density at radius 3 is 2.50 bits per heavy atom. The van der Waals surface area contributed by atoms with Crippen molar-refractivity contribution in [2.75, 3.05) is 19.6 Å². The monoisotopic (exact) mass is 564 g/mol. The molecule has 2 heterocycles. The van der Waals surface area contributed by atoms with Crippen LogP contribution in [0.4, 0.5) is 18.0 Å². The Kier molecular flexibility index (Phi) is 7.94. The van der Waals surface area contributed by atoms with Crippen molar-refractivity contribution in [2.45, 2.75) is 71.1 Å². The number of benzene rings is 1. The summed E-state index contributed by atoms with van der Waals surface area (Å²) in [5.41, 5.74) is -1.58. The lowest BCUT2D eigenvalue weighted by Gasteiger charge is -2.45. The first kappa shape index (κ1) is 29.4. The van der Waals surface area contributed by atoms with E-state index in [1.165, 1.54) is 11.0 Å². The molecule has 3 aliphatic rings. The lowest BCUT2D eigenvalue weighted by atomic mass is 9.78. The van der Waals surface area contributed by atoms with E-state index in [0.29, 0.717) is 25.1 Å². The molecule has 9 nitrogen and oxygen atoms in total. The van der Waals surface area contributed by atoms with Crippen LogP contribution in [0.3, 0.4) is 0 Å². The summed E-state index contributed by atoms with van der Waals surface area (Å²) in [6.45, 7) is 9.54. The second-order valence-corrected chi connectivity index (χ2v) is 11.5. The highest BCUT2D eigenvalue weighted by molar-refractivity contribution is 5.95. The van der Waals surface area contributed by atoms with Crippen molar-refractivity contribution in [1.82, 2.24) is 20.4 Å². The number of hydrogen-bond donors (Lipinski definition) is 3. The van der Waals surface area contributed by atoms with Gasteiger partial charge in [-0.1, -0.05) is 0 Å². The van der Waals surface area contributed by atoms with Gasteiger partial charge in [-0.25, -0.2) is 18.0 Å². The van der Waals surface area contributed by atoms with Crippen LogP contribution in [-0.4, -0.2) is 69.6 Å². The fraction of sp³-hybridized carbons (Fsp3) is 0.536. The summed E-state index contributed by atoms with van der Waals surface area (Å²) in [7, 11) is 0. The summed E-state index contributed by atoms with van der Waals surface area (Å²) in [6, 6.07) is 1.04. The van der Waals surface area contributed by atoms with E-state index in [-0.39, 0.29) is 36.7 Å². The third-order valence-electron chi connectivity index (χ3n) is 7.62. The quantitative estimate of drug-likeness (QED) is 0.497. The number of carbonyl (C=O) groups is 3. The van der Waals surface area contributed by atoms with Gasteiger partial charge in [-0.3, -0.25) is 19.4 Å². The van der Waals surface area contributed by atoms with E-state index in [4.69, 9.17) is 4.74 Å². The van der Waals surface area contributed by atoms with Gasteiger partial charge in [0.05, 0.1) is 5.70 Å². The first-order chi connectivity index (χ1) is 18.6. The third-order valence-corrected chi connectivity index (χ3v) is 7.62. The van der Waals surface area contributed by atoms with Gasteiger partial charge in [-0.15, -0.1) is 0 Å². The number of aromatic hydroxyl groups is 1. The number of fused-ring (bicyclic) bond motifs is 1. The maximum absolute atomic E-state index is 15.1. The van der Waals surface area contributed by atoms with Gasteiger partial charge in [-0.2, -0.15) is 0 Å². The molecule has 0 bridgehead atoms. The van der Waals surface area contributed by atoms with Gasteiger partial charge in [0.2, 0.25) is 5.91 Å². The van der Waals surface area contributed by atoms with E-state index >= 15 is 4.39 Å².